The number of carbonyl (C=O) groups excluding carboxylic acids is 2. The summed E-state index contributed by atoms with van der Waals surface area (Å²) in [4.78, 5) is 31.1. The van der Waals surface area contributed by atoms with Crippen LogP contribution in [0.3, 0.4) is 0 Å². The maximum absolute atomic E-state index is 12.4. The number of hydrogen-bond donors (Lipinski definition) is 3. The van der Waals surface area contributed by atoms with Gasteiger partial charge in [-0.1, -0.05) is 6.92 Å². The van der Waals surface area contributed by atoms with E-state index in [0.717, 1.165) is 17.9 Å². The Balaban J connectivity index is 1.76. The van der Waals surface area contributed by atoms with Crippen molar-refractivity contribution in [1.29, 1.82) is 0 Å². The van der Waals surface area contributed by atoms with Gasteiger partial charge in [-0.15, -0.1) is 0 Å². The van der Waals surface area contributed by atoms with E-state index in [4.69, 9.17) is 4.74 Å². The zero-order valence-electron chi connectivity index (χ0n) is 13.0. The van der Waals surface area contributed by atoms with Crippen molar-refractivity contribution in [1.82, 2.24) is 15.3 Å². The summed E-state index contributed by atoms with van der Waals surface area (Å²) in [5.74, 6) is 0.821. The van der Waals surface area contributed by atoms with Gasteiger partial charge in [0.25, 0.3) is 11.8 Å². The Labute approximate surface area is 133 Å². The number of H-pyrrole nitrogens is 1. The molecule has 0 unspecified atom stereocenters. The van der Waals surface area contributed by atoms with Crippen molar-refractivity contribution >= 4 is 17.5 Å². The highest BCUT2D eigenvalue weighted by Crippen LogP contribution is 2.28. The van der Waals surface area contributed by atoms with Gasteiger partial charge in [-0.25, -0.2) is 4.98 Å². The van der Waals surface area contributed by atoms with Gasteiger partial charge in [0.2, 0.25) is 0 Å². The number of benzene rings is 1. The summed E-state index contributed by atoms with van der Waals surface area (Å²) >= 11 is 0. The van der Waals surface area contributed by atoms with Gasteiger partial charge >= 0.3 is 0 Å². The van der Waals surface area contributed by atoms with Crippen LogP contribution in [-0.4, -0.2) is 28.4 Å². The minimum atomic E-state index is -0.214. The lowest BCUT2D eigenvalue weighted by Crippen LogP contribution is -2.29. The fraction of sp³-hybridized carbons (Fsp3) is 0.312. The monoisotopic (exact) mass is 314 g/mol. The second kappa shape index (κ2) is 6.12. The molecular formula is C16H18N4O3. The minimum absolute atomic E-state index is 0.0403. The third-order valence-corrected chi connectivity index (χ3v) is 3.64. The predicted molar refractivity (Wildman–Crippen MR) is 84.4 cm³/mol. The second-order valence-corrected chi connectivity index (χ2v) is 5.43. The van der Waals surface area contributed by atoms with Crippen LogP contribution in [0, 0.1) is 6.92 Å². The lowest BCUT2D eigenvalue weighted by atomic mass is 10.1. The first-order valence-corrected chi connectivity index (χ1v) is 7.46. The molecule has 0 radical (unpaired) electrons. The summed E-state index contributed by atoms with van der Waals surface area (Å²) in [7, 11) is 0. The van der Waals surface area contributed by atoms with Gasteiger partial charge in [0.15, 0.2) is 6.61 Å². The Kier molecular flexibility index (Phi) is 4.01. The van der Waals surface area contributed by atoms with Crippen LogP contribution in [-0.2, 0) is 4.79 Å². The van der Waals surface area contributed by atoms with Crippen LogP contribution < -0.4 is 15.4 Å². The molecule has 1 aromatic heterocycles. The van der Waals surface area contributed by atoms with Crippen molar-refractivity contribution in [2.24, 2.45) is 0 Å². The van der Waals surface area contributed by atoms with Crippen LogP contribution in [0.15, 0.2) is 24.4 Å². The molecule has 0 fully saturated rings. The van der Waals surface area contributed by atoms with Crippen LogP contribution in [0.4, 0.5) is 5.69 Å². The van der Waals surface area contributed by atoms with E-state index in [1.807, 2.05) is 13.8 Å². The van der Waals surface area contributed by atoms with E-state index < -0.39 is 0 Å². The van der Waals surface area contributed by atoms with Gasteiger partial charge in [-0.05, 0) is 31.5 Å². The molecular weight excluding hydrogens is 296 g/mol. The summed E-state index contributed by atoms with van der Waals surface area (Å²) in [6.07, 6.45) is 2.45. The maximum Gasteiger partial charge on any atom is 0.262 e. The quantitative estimate of drug-likeness (QED) is 0.803. The van der Waals surface area contributed by atoms with Crippen LogP contribution in [0.25, 0.3) is 0 Å². The van der Waals surface area contributed by atoms with Gasteiger partial charge < -0.3 is 20.4 Å². The molecule has 23 heavy (non-hydrogen) atoms. The number of fused-ring (bicyclic) bond motifs is 1. The smallest absolute Gasteiger partial charge is 0.262 e. The number of carbonyl (C=O) groups is 2. The highest BCUT2D eigenvalue weighted by Gasteiger charge is 2.20. The SMILES string of the molecule is CC[C@H](NC(=O)c1ccc2c(c1)OCC(=O)N2)c1ncc(C)[nH]1. The molecule has 3 rings (SSSR count). The molecule has 2 heterocycles. The lowest BCUT2D eigenvalue weighted by Gasteiger charge is -2.19. The van der Waals surface area contributed by atoms with E-state index in [0.29, 0.717) is 17.0 Å². The molecule has 1 atom stereocenters. The van der Waals surface area contributed by atoms with E-state index in [9.17, 15) is 9.59 Å². The second-order valence-electron chi connectivity index (χ2n) is 5.43. The first-order valence-electron chi connectivity index (χ1n) is 7.46. The van der Waals surface area contributed by atoms with Crippen LogP contribution in [0.2, 0.25) is 0 Å². The number of hydrogen-bond acceptors (Lipinski definition) is 4. The van der Waals surface area contributed by atoms with Gasteiger partial charge in [0, 0.05) is 17.5 Å². The summed E-state index contributed by atoms with van der Waals surface area (Å²) in [5.41, 5.74) is 2.00. The molecule has 1 aromatic carbocycles. The normalized spacial score (nSPS) is 14.4. The molecule has 3 N–H and O–H groups in total. The van der Waals surface area contributed by atoms with Crippen molar-refractivity contribution in [2.45, 2.75) is 26.3 Å². The Bertz CT molecular complexity index is 754. The molecule has 0 bridgehead atoms. The van der Waals surface area contributed by atoms with E-state index in [2.05, 4.69) is 20.6 Å². The minimum Gasteiger partial charge on any atom is -0.482 e. The Morgan fingerprint density at radius 1 is 1.48 bits per heavy atom. The number of ether oxygens (including phenoxy) is 1. The number of nitrogens with one attached hydrogen (secondary N) is 3. The topological polar surface area (TPSA) is 96.1 Å². The van der Waals surface area contributed by atoms with Gasteiger partial charge in [-0.2, -0.15) is 0 Å². The number of rotatable bonds is 4. The molecule has 1 aliphatic heterocycles. The van der Waals surface area contributed by atoms with Crippen molar-refractivity contribution < 1.29 is 14.3 Å². The standard InChI is InChI=1S/C16H18N4O3/c1-3-11(15-17-7-9(2)18-15)20-16(22)10-4-5-12-13(6-10)23-8-14(21)19-12/h4-7,11H,3,8H2,1-2H3,(H,17,18)(H,19,21)(H,20,22)/t11-/m0/s1. The van der Waals surface area contributed by atoms with Crippen LogP contribution in [0.1, 0.15) is 41.3 Å². The van der Waals surface area contributed by atoms with Gasteiger partial charge in [-0.3, -0.25) is 9.59 Å². The average molecular weight is 314 g/mol. The molecule has 7 nitrogen and oxygen atoms in total. The zero-order valence-corrected chi connectivity index (χ0v) is 13.0. The largest absolute Gasteiger partial charge is 0.482 e. The van der Waals surface area contributed by atoms with Crippen LogP contribution in [0.5, 0.6) is 5.75 Å². The zero-order chi connectivity index (χ0) is 16.4. The van der Waals surface area contributed by atoms with Crippen molar-refractivity contribution in [2.75, 3.05) is 11.9 Å². The molecule has 0 saturated carbocycles. The third kappa shape index (κ3) is 3.18. The molecule has 7 heteroatoms. The molecule has 120 valence electrons. The molecule has 1 aliphatic rings. The summed E-state index contributed by atoms with van der Waals surface area (Å²) < 4.78 is 5.34. The molecule has 0 saturated heterocycles. The van der Waals surface area contributed by atoms with E-state index >= 15 is 0 Å². The highest BCUT2D eigenvalue weighted by atomic mass is 16.5. The van der Waals surface area contributed by atoms with E-state index in [1.54, 1.807) is 24.4 Å². The van der Waals surface area contributed by atoms with Crippen molar-refractivity contribution in [3.63, 3.8) is 0 Å². The van der Waals surface area contributed by atoms with E-state index in [1.165, 1.54) is 0 Å². The first kappa shape index (κ1) is 15.1. The fourth-order valence-corrected chi connectivity index (χ4v) is 2.43. The fourth-order valence-electron chi connectivity index (χ4n) is 2.43. The Hall–Kier alpha value is -2.83. The summed E-state index contributed by atoms with van der Waals surface area (Å²) in [6, 6.07) is 4.76. The van der Waals surface area contributed by atoms with Gasteiger partial charge in [0.1, 0.15) is 11.6 Å². The number of aryl methyl sites for hydroxylation is 1. The average Bonchev–Trinajstić information content (AvgIpc) is 2.98. The Morgan fingerprint density at radius 3 is 3.00 bits per heavy atom. The number of anilines is 1. The molecule has 2 aromatic rings. The van der Waals surface area contributed by atoms with E-state index in [-0.39, 0.29) is 24.5 Å². The number of nitrogens with zero attached hydrogens (tertiary/aromatic N) is 1. The van der Waals surface area contributed by atoms with Crippen LogP contribution >= 0.6 is 0 Å². The molecule has 2 amide bonds. The first-order chi connectivity index (χ1) is 11.1. The van der Waals surface area contributed by atoms with Crippen molar-refractivity contribution in [3.8, 4) is 5.75 Å². The third-order valence-electron chi connectivity index (χ3n) is 3.64. The number of imidazole rings is 1. The van der Waals surface area contributed by atoms with Gasteiger partial charge in [0.05, 0.1) is 11.7 Å². The molecule has 0 spiro atoms. The summed E-state index contributed by atoms with van der Waals surface area (Å²) in [5, 5.41) is 5.65. The number of aromatic amines is 1. The summed E-state index contributed by atoms with van der Waals surface area (Å²) in [6.45, 7) is 3.86. The Morgan fingerprint density at radius 2 is 2.30 bits per heavy atom. The lowest BCUT2D eigenvalue weighted by molar-refractivity contribution is -0.118. The maximum atomic E-state index is 12.4. The number of aromatic nitrogens is 2. The molecule has 0 aliphatic carbocycles. The highest BCUT2D eigenvalue weighted by molar-refractivity contribution is 5.99. The number of amides is 2. The predicted octanol–water partition coefficient (Wildman–Crippen LogP) is 1.93. The van der Waals surface area contributed by atoms with Crippen molar-refractivity contribution in [3.05, 3.63) is 41.5 Å².